The summed E-state index contributed by atoms with van der Waals surface area (Å²) in [6.07, 6.45) is 1.23. The van der Waals surface area contributed by atoms with Crippen LogP contribution in [0.25, 0.3) is 0 Å². The van der Waals surface area contributed by atoms with Gasteiger partial charge >= 0.3 is 6.03 Å². The monoisotopic (exact) mass is 599 g/mol. The Kier molecular flexibility index (Phi) is 8.86. The summed E-state index contributed by atoms with van der Waals surface area (Å²) in [5.74, 6) is -0.134. The van der Waals surface area contributed by atoms with E-state index in [4.69, 9.17) is 43.1 Å². The molecule has 2 heterocycles. The maximum absolute atomic E-state index is 12.1. The number of urea groups is 1. The zero-order chi connectivity index (χ0) is 29.0. The second-order valence-electron chi connectivity index (χ2n) is 9.83. The van der Waals surface area contributed by atoms with Crippen LogP contribution in [0.4, 0.5) is 10.5 Å². The van der Waals surface area contributed by atoms with Crippen LogP contribution in [0, 0.1) is 0 Å². The molecule has 3 aromatic carbocycles. The van der Waals surface area contributed by atoms with Crippen molar-refractivity contribution in [2.45, 2.75) is 18.8 Å². The first-order chi connectivity index (χ1) is 19.7. The third-order valence-electron chi connectivity index (χ3n) is 6.90. The number of hydrogen-bond acceptors (Lipinski definition) is 8. The SMILES string of the molecule is C[C@]1(c2ccc(Cl)cc2Cl)OC[C@@H](COc2ccc(N3CCN(N(/N=C\c4cccc(O)c4)C(N)=O)CC3)cc2)O1. The average Bonchev–Trinajstić information content (AvgIpc) is 3.34. The van der Waals surface area contributed by atoms with Crippen molar-refractivity contribution in [3.8, 4) is 11.5 Å². The van der Waals surface area contributed by atoms with Gasteiger partial charge in [-0.1, -0.05) is 41.4 Å². The maximum Gasteiger partial charge on any atom is 0.350 e. The van der Waals surface area contributed by atoms with E-state index in [9.17, 15) is 9.90 Å². The molecule has 10 nitrogen and oxygen atoms in total. The summed E-state index contributed by atoms with van der Waals surface area (Å²) in [6, 6.07) is 19.0. The number of ether oxygens (including phenoxy) is 3. The minimum absolute atomic E-state index is 0.119. The highest BCUT2D eigenvalue weighted by Gasteiger charge is 2.40. The lowest BCUT2D eigenvalue weighted by Gasteiger charge is -2.38. The van der Waals surface area contributed by atoms with E-state index in [1.807, 2.05) is 37.3 Å². The molecule has 0 saturated carbocycles. The van der Waals surface area contributed by atoms with Gasteiger partial charge < -0.3 is 30.0 Å². The molecule has 0 radical (unpaired) electrons. The number of piperazine rings is 1. The number of rotatable bonds is 8. The van der Waals surface area contributed by atoms with Crippen LogP contribution in [-0.2, 0) is 15.3 Å². The molecule has 2 aliphatic rings. The van der Waals surface area contributed by atoms with E-state index < -0.39 is 11.8 Å². The predicted octanol–water partition coefficient (Wildman–Crippen LogP) is 4.82. The van der Waals surface area contributed by atoms with Crippen LogP contribution in [0.2, 0.25) is 10.0 Å². The summed E-state index contributed by atoms with van der Waals surface area (Å²) in [5, 5.41) is 17.9. The first kappa shape index (κ1) is 29.0. The highest BCUT2D eigenvalue weighted by Crippen LogP contribution is 2.38. The molecule has 2 saturated heterocycles. The molecule has 0 aromatic heterocycles. The zero-order valence-corrected chi connectivity index (χ0v) is 24.0. The molecule has 12 heteroatoms. The number of anilines is 1. The highest BCUT2D eigenvalue weighted by atomic mass is 35.5. The molecule has 41 heavy (non-hydrogen) atoms. The molecule has 2 fully saturated rings. The quantitative estimate of drug-likeness (QED) is 0.282. The van der Waals surface area contributed by atoms with Crippen molar-refractivity contribution < 1.29 is 24.1 Å². The van der Waals surface area contributed by atoms with Crippen molar-refractivity contribution in [3.05, 3.63) is 87.9 Å². The third-order valence-corrected chi connectivity index (χ3v) is 7.45. The molecule has 3 N–H and O–H groups in total. The highest BCUT2D eigenvalue weighted by molar-refractivity contribution is 6.35. The third kappa shape index (κ3) is 7.03. The van der Waals surface area contributed by atoms with Gasteiger partial charge in [-0.15, -0.1) is 5.12 Å². The van der Waals surface area contributed by atoms with Crippen LogP contribution in [0.15, 0.2) is 71.8 Å². The summed E-state index contributed by atoms with van der Waals surface area (Å²) in [6.45, 7) is 4.97. The Morgan fingerprint density at radius 1 is 1.15 bits per heavy atom. The van der Waals surface area contributed by atoms with Crippen molar-refractivity contribution in [1.29, 1.82) is 0 Å². The Balaban J connectivity index is 1.11. The van der Waals surface area contributed by atoms with Gasteiger partial charge in [0, 0.05) is 42.5 Å². The van der Waals surface area contributed by atoms with Crippen molar-refractivity contribution in [2.75, 3.05) is 44.3 Å². The van der Waals surface area contributed by atoms with E-state index in [1.54, 1.807) is 41.4 Å². The number of hydrogen-bond donors (Lipinski definition) is 2. The second kappa shape index (κ2) is 12.5. The number of halogens is 2. The molecular weight excluding hydrogens is 569 g/mol. The molecular formula is C29H31Cl2N5O5. The van der Waals surface area contributed by atoms with Crippen molar-refractivity contribution in [1.82, 2.24) is 10.1 Å². The van der Waals surface area contributed by atoms with Crippen LogP contribution in [0.1, 0.15) is 18.1 Å². The number of nitrogens with two attached hydrogens (primary N) is 1. The first-order valence-corrected chi connectivity index (χ1v) is 13.9. The van der Waals surface area contributed by atoms with E-state index in [0.29, 0.717) is 55.0 Å². The Labute approximate surface area is 248 Å². The van der Waals surface area contributed by atoms with E-state index >= 15 is 0 Å². The molecule has 2 atom stereocenters. The molecule has 5 rings (SSSR count). The molecule has 3 aromatic rings. The Hall–Kier alpha value is -3.54. The number of primary amides is 1. The van der Waals surface area contributed by atoms with Gasteiger partial charge in [-0.2, -0.15) is 10.1 Å². The number of hydrazone groups is 1. The van der Waals surface area contributed by atoms with Gasteiger partial charge in [-0.25, -0.2) is 4.79 Å². The largest absolute Gasteiger partial charge is 0.508 e. The van der Waals surface area contributed by atoms with E-state index in [2.05, 4.69) is 10.0 Å². The minimum atomic E-state index is -0.971. The topological polar surface area (TPSA) is 113 Å². The number of nitrogens with zero attached hydrogens (tertiary/aromatic N) is 4. The smallest absolute Gasteiger partial charge is 0.350 e. The van der Waals surface area contributed by atoms with E-state index in [0.717, 1.165) is 17.0 Å². The molecule has 0 spiro atoms. The lowest BCUT2D eigenvalue weighted by molar-refractivity contribution is -0.164. The summed E-state index contributed by atoms with van der Waals surface area (Å²) in [5.41, 5.74) is 8.00. The summed E-state index contributed by atoms with van der Waals surface area (Å²) < 4.78 is 18.1. The lowest BCUT2D eigenvalue weighted by atomic mass is 10.1. The fraction of sp³-hybridized carbons (Fsp3) is 0.310. The van der Waals surface area contributed by atoms with Crippen LogP contribution in [0.3, 0.4) is 0 Å². The van der Waals surface area contributed by atoms with Crippen molar-refractivity contribution in [2.24, 2.45) is 10.8 Å². The number of carbonyl (C=O) groups excluding carboxylic acids is 1. The summed E-state index contributed by atoms with van der Waals surface area (Å²) in [7, 11) is 0. The van der Waals surface area contributed by atoms with Gasteiger partial charge in [0.05, 0.1) is 17.8 Å². The number of phenols is 1. The average molecular weight is 601 g/mol. The molecule has 216 valence electrons. The molecule has 0 aliphatic carbocycles. The molecule has 0 bridgehead atoms. The summed E-state index contributed by atoms with van der Waals surface area (Å²) in [4.78, 5) is 14.3. The van der Waals surface area contributed by atoms with Crippen LogP contribution < -0.4 is 15.4 Å². The predicted molar refractivity (Wildman–Crippen MR) is 157 cm³/mol. The second-order valence-corrected chi connectivity index (χ2v) is 10.7. The van der Waals surface area contributed by atoms with Crippen molar-refractivity contribution in [3.63, 3.8) is 0 Å². The van der Waals surface area contributed by atoms with Crippen molar-refractivity contribution >= 4 is 41.1 Å². The fourth-order valence-electron chi connectivity index (χ4n) is 4.80. The number of aromatic hydroxyl groups is 1. The number of carbonyl (C=O) groups is 1. The van der Waals surface area contributed by atoms with E-state index in [-0.39, 0.29) is 11.9 Å². The van der Waals surface area contributed by atoms with Gasteiger partial charge in [0.2, 0.25) is 0 Å². The zero-order valence-electron chi connectivity index (χ0n) is 22.5. The van der Waals surface area contributed by atoms with Crippen LogP contribution in [-0.4, -0.2) is 73.0 Å². The van der Waals surface area contributed by atoms with Gasteiger partial charge in [0.1, 0.15) is 24.2 Å². The normalized spacial score (nSPS) is 21.3. The summed E-state index contributed by atoms with van der Waals surface area (Å²) >= 11 is 12.4. The Bertz CT molecular complexity index is 1400. The molecule has 2 amide bonds. The Morgan fingerprint density at radius 2 is 1.90 bits per heavy atom. The molecule has 0 unspecified atom stereocenters. The number of benzene rings is 3. The van der Waals surface area contributed by atoms with Gasteiger partial charge in [0.15, 0.2) is 5.79 Å². The number of hydrazine groups is 1. The van der Waals surface area contributed by atoms with Gasteiger partial charge in [-0.3, -0.25) is 0 Å². The van der Waals surface area contributed by atoms with Crippen LogP contribution >= 0.6 is 23.2 Å². The standard InChI is InChI=1S/C29H31Cl2N5O5/c1-29(26-10-5-21(30)16-27(26)31)40-19-25(41-29)18-39-24-8-6-22(7-9-24)34-11-13-35(14-12-34)36(28(32)38)33-17-20-3-2-4-23(37)15-20/h2-10,15-17,25,37H,11-14,18-19H2,1H3,(H2,32,38)/b33-17-/t25-,29+/m1/s1. The number of phenolic OH excluding ortho intramolecular Hbond substituents is 1. The van der Waals surface area contributed by atoms with E-state index in [1.165, 1.54) is 11.3 Å². The fourth-order valence-corrected chi connectivity index (χ4v) is 5.38. The minimum Gasteiger partial charge on any atom is -0.508 e. The van der Waals surface area contributed by atoms with Gasteiger partial charge in [0.25, 0.3) is 0 Å². The Morgan fingerprint density at radius 3 is 2.59 bits per heavy atom. The molecule has 2 aliphatic heterocycles. The maximum atomic E-state index is 12.1. The lowest BCUT2D eigenvalue weighted by Crippen LogP contribution is -2.55. The van der Waals surface area contributed by atoms with Gasteiger partial charge in [-0.05, 0) is 61.0 Å². The van der Waals surface area contributed by atoms with Crippen LogP contribution in [0.5, 0.6) is 11.5 Å². The number of amides is 2. The first-order valence-electron chi connectivity index (χ1n) is 13.1.